The van der Waals surface area contributed by atoms with Gasteiger partial charge >= 0.3 is 6.09 Å². The molecule has 0 radical (unpaired) electrons. The summed E-state index contributed by atoms with van der Waals surface area (Å²) >= 11 is 0. The Bertz CT molecular complexity index is 1230. The van der Waals surface area contributed by atoms with Crippen LogP contribution >= 0.6 is 0 Å². The van der Waals surface area contributed by atoms with Crippen molar-refractivity contribution in [1.82, 2.24) is 19.5 Å². The highest BCUT2D eigenvalue weighted by Crippen LogP contribution is 2.44. The highest BCUT2D eigenvalue weighted by Gasteiger charge is 2.56. The summed E-state index contributed by atoms with van der Waals surface area (Å²) in [6, 6.07) is 0. The van der Waals surface area contributed by atoms with E-state index in [-0.39, 0.29) is 28.3 Å². The first kappa shape index (κ1) is 27.7. The van der Waals surface area contributed by atoms with Crippen LogP contribution in [0, 0.1) is 0 Å². The number of carbonyl (C=O) groups is 1. The quantitative estimate of drug-likeness (QED) is 0.544. The number of ether oxygens (including phenoxy) is 4. The van der Waals surface area contributed by atoms with Crippen LogP contribution in [0.5, 0.6) is 0 Å². The summed E-state index contributed by atoms with van der Waals surface area (Å²) in [5.41, 5.74) is -0.880. The van der Waals surface area contributed by atoms with Gasteiger partial charge < -0.3 is 23.4 Å². The molecule has 0 unspecified atom stereocenters. The van der Waals surface area contributed by atoms with Gasteiger partial charge in [-0.1, -0.05) is 20.8 Å². The molecule has 0 bridgehead atoms. The summed E-state index contributed by atoms with van der Waals surface area (Å²) in [6.45, 7) is 20.2. The lowest BCUT2D eigenvalue weighted by atomic mass is 10.1. The summed E-state index contributed by atoms with van der Waals surface area (Å²) < 4.78 is 32.2. The number of hydrogen-bond acceptors (Lipinski definition) is 9. The lowest BCUT2D eigenvalue weighted by Gasteiger charge is -2.37. The summed E-state index contributed by atoms with van der Waals surface area (Å²) in [5, 5.41) is 2.52. The monoisotopic (exact) mass is 537 g/mol. The molecule has 0 saturated carbocycles. The van der Waals surface area contributed by atoms with Crippen LogP contribution in [0.15, 0.2) is 11.1 Å². The van der Waals surface area contributed by atoms with Crippen molar-refractivity contribution in [2.75, 3.05) is 11.9 Å². The van der Waals surface area contributed by atoms with Crippen LogP contribution in [0.25, 0.3) is 11.2 Å². The SMILES string of the molecule is CC(C)(C)OC(=O)Nc1nc2c(ncn2[C@@H]2O[C@H](CO[Si](C)(C)C(C)(C)C)[C@H]3OC(C)(C)O[C@H]32)c(=O)[nH]1. The first-order valence-electron chi connectivity index (χ1n) is 12.5. The third-order valence-corrected chi connectivity index (χ3v) is 11.4. The number of carbonyl (C=O) groups excluding carboxylic acids is 1. The standard InChI is InChI=1S/C24H39N5O7Si/c1-22(2,3)36-21(31)28-20-26-17-14(18(30)27-20)25-12-29(17)19-16-15(34-24(7,8)35-16)13(33-19)11-32-37(9,10)23(4,5)6/h12-13,15-16,19H,11H2,1-10H3,(H2,26,27,28,30,31)/t13-,15-,16-,19-/m1/s1. The number of amides is 1. The number of hydrogen-bond donors (Lipinski definition) is 2. The van der Waals surface area contributed by atoms with E-state index in [1.165, 1.54) is 6.33 Å². The molecule has 2 aromatic rings. The average Bonchev–Trinajstić information content (AvgIpc) is 3.35. The van der Waals surface area contributed by atoms with Crippen molar-refractivity contribution < 1.29 is 28.2 Å². The highest BCUT2D eigenvalue weighted by molar-refractivity contribution is 6.74. The zero-order chi connectivity index (χ0) is 27.6. The molecule has 37 heavy (non-hydrogen) atoms. The number of rotatable bonds is 5. The van der Waals surface area contributed by atoms with E-state index < -0.39 is 49.8 Å². The molecule has 2 aliphatic rings. The van der Waals surface area contributed by atoms with Crippen molar-refractivity contribution in [3.8, 4) is 0 Å². The normalized spacial score (nSPS) is 25.9. The molecule has 2 aliphatic heterocycles. The molecule has 0 spiro atoms. The van der Waals surface area contributed by atoms with Crippen LogP contribution in [0.2, 0.25) is 18.1 Å². The zero-order valence-corrected chi connectivity index (χ0v) is 24.3. The second kappa shape index (κ2) is 9.15. The zero-order valence-electron chi connectivity index (χ0n) is 23.3. The molecule has 2 saturated heterocycles. The fourth-order valence-corrected chi connectivity index (χ4v) is 5.11. The van der Waals surface area contributed by atoms with Crippen LogP contribution in [0.3, 0.4) is 0 Å². The fourth-order valence-electron chi connectivity index (χ4n) is 4.10. The average molecular weight is 538 g/mol. The Morgan fingerprint density at radius 2 is 1.84 bits per heavy atom. The van der Waals surface area contributed by atoms with Crippen molar-refractivity contribution >= 4 is 31.5 Å². The molecular formula is C24H39N5O7Si. The van der Waals surface area contributed by atoms with Gasteiger partial charge in [-0.3, -0.25) is 19.7 Å². The summed E-state index contributed by atoms with van der Waals surface area (Å²) in [7, 11) is -2.04. The van der Waals surface area contributed by atoms with Gasteiger partial charge in [-0.15, -0.1) is 0 Å². The Balaban J connectivity index is 1.63. The minimum atomic E-state index is -2.04. The van der Waals surface area contributed by atoms with E-state index in [1.807, 2.05) is 13.8 Å². The van der Waals surface area contributed by atoms with E-state index in [2.05, 4.69) is 54.1 Å². The van der Waals surface area contributed by atoms with E-state index in [1.54, 1.807) is 25.3 Å². The maximum absolute atomic E-state index is 12.7. The van der Waals surface area contributed by atoms with E-state index in [0.29, 0.717) is 6.61 Å². The Morgan fingerprint density at radius 1 is 1.19 bits per heavy atom. The van der Waals surface area contributed by atoms with Gasteiger partial charge in [0, 0.05) is 0 Å². The van der Waals surface area contributed by atoms with Crippen molar-refractivity contribution in [3.63, 3.8) is 0 Å². The molecule has 2 aromatic heterocycles. The van der Waals surface area contributed by atoms with Gasteiger partial charge in [-0.2, -0.15) is 4.98 Å². The van der Waals surface area contributed by atoms with E-state index in [4.69, 9.17) is 23.4 Å². The smallest absolute Gasteiger partial charge is 0.414 e. The van der Waals surface area contributed by atoms with E-state index in [0.717, 1.165) is 0 Å². The lowest BCUT2D eigenvalue weighted by Crippen LogP contribution is -2.44. The molecule has 13 heteroatoms. The number of nitrogens with one attached hydrogen (secondary N) is 2. The molecule has 4 heterocycles. The third kappa shape index (κ3) is 5.75. The van der Waals surface area contributed by atoms with Crippen molar-refractivity contribution in [1.29, 1.82) is 0 Å². The second-order valence-electron chi connectivity index (χ2n) is 12.6. The summed E-state index contributed by atoms with van der Waals surface area (Å²) in [4.78, 5) is 36.2. The first-order chi connectivity index (χ1) is 16.9. The van der Waals surface area contributed by atoms with Gasteiger partial charge in [0.1, 0.15) is 23.9 Å². The van der Waals surface area contributed by atoms with Crippen molar-refractivity contribution in [2.45, 2.75) is 109 Å². The van der Waals surface area contributed by atoms with Gasteiger partial charge in [0.25, 0.3) is 5.56 Å². The topological polar surface area (TPSA) is 139 Å². The predicted molar refractivity (Wildman–Crippen MR) is 139 cm³/mol. The fraction of sp³-hybridized carbons (Fsp3) is 0.750. The first-order valence-corrected chi connectivity index (χ1v) is 15.4. The van der Waals surface area contributed by atoms with Crippen LogP contribution < -0.4 is 10.9 Å². The van der Waals surface area contributed by atoms with Crippen molar-refractivity contribution in [2.24, 2.45) is 0 Å². The molecule has 4 rings (SSSR count). The molecule has 206 valence electrons. The van der Waals surface area contributed by atoms with E-state index in [9.17, 15) is 9.59 Å². The lowest BCUT2D eigenvalue weighted by molar-refractivity contribution is -0.199. The second-order valence-corrected chi connectivity index (χ2v) is 17.4. The van der Waals surface area contributed by atoms with Crippen LogP contribution in [-0.2, 0) is 23.4 Å². The van der Waals surface area contributed by atoms with Gasteiger partial charge in [0.15, 0.2) is 31.5 Å². The Labute approximate surface area is 217 Å². The molecule has 2 N–H and O–H groups in total. The highest BCUT2D eigenvalue weighted by atomic mass is 28.4. The maximum Gasteiger partial charge on any atom is 0.414 e. The summed E-state index contributed by atoms with van der Waals surface area (Å²) in [6.07, 6.45) is -1.20. The molecule has 1 amide bonds. The van der Waals surface area contributed by atoms with Gasteiger partial charge in [-0.25, -0.2) is 9.78 Å². The van der Waals surface area contributed by atoms with Gasteiger partial charge in [0.05, 0.1) is 12.9 Å². The largest absolute Gasteiger partial charge is 0.444 e. The van der Waals surface area contributed by atoms with Gasteiger partial charge in [0.2, 0.25) is 5.95 Å². The number of imidazole rings is 1. The minimum absolute atomic E-state index is 0.0414. The number of fused-ring (bicyclic) bond motifs is 2. The number of nitrogens with zero attached hydrogens (tertiary/aromatic N) is 3. The number of H-pyrrole nitrogens is 1. The number of anilines is 1. The molecule has 12 nitrogen and oxygen atoms in total. The molecule has 0 aliphatic carbocycles. The molecular weight excluding hydrogens is 498 g/mol. The van der Waals surface area contributed by atoms with Gasteiger partial charge in [-0.05, 0) is 52.8 Å². The number of aromatic nitrogens is 4. The Kier molecular flexibility index (Phi) is 6.85. The maximum atomic E-state index is 12.7. The van der Waals surface area contributed by atoms with Crippen LogP contribution in [0.4, 0.5) is 10.7 Å². The van der Waals surface area contributed by atoms with E-state index >= 15 is 0 Å². The Morgan fingerprint density at radius 3 is 2.46 bits per heavy atom. The van der Waals surface area contributed by atoms with Crippen molar-refractivity contribution in [3.05, 3.63) is 16.7 Å². The Hall–Kier alpha value is -2.32. The molecule has 2 fully saturated rings. The summed E-state index contributed by atoms with van der Waals surface area (Å²) in [5.74, 6) is -0.887. The van der Waals surface area contributed by atoms with Crippen LogP contribution in [-0.4, -0.2) is 70.2 Å². The van der Waals surface area contributed by atoms with Crippen LogP contribution in [0.1, 0.15) is 61.6 Å². The minimum Gasteiger partial charge on any atom is -0.444 e. The molecule has 0 aromatic carbocycles. The molecule has 4 atom stereocenters. The predicted octanol–water partition coefficient (Wildman–Crippen LogP) is 3.91. The number of aromatic amines is 1. The third-order valence-electron chi connectivity index (χ3n) is 6.87.